The van der Waals surface area contributed by atoms with Crippen LogP contribution in [0.2, 0.25) is 0 Å². The molecule has 1 aliphatic carbocycles. The zero-order valence-corrected chi connectivity index (χ0v) is 10.5. The van der Waals surface area contributed by atoms with Crippen LogP contribution in [0, 0.1) is 0 Å². The highest BCUT2D eigenvalue weighted by Crippen LogP contribution is 2.39. The normalized spacial score (nSPS) is 22.5. The number of nitrogens with one attached hydrogen (secondary N) is 1. The fourth-order valence-corrected chi connectivity index (χ4v) is 3.07. The Hall–Kier alpha value is 0.270. The molecule has 0 aromatic carbocycles. The Kier molecular flexibility index (Phi) is 5.28. The molecule has 0 heterocycles. The average Bonchev–Trinajstić information content (AvgIpc) is 2.65. The van der Waals surface area contributed by atoms with E-state index in [1.54, 1.807) is 7.11 Å². The Bertz CT molecular complexity index is 157. The number of rotatable bonds is 6. The molecule has 2 nitrogen and oxygen atoms in total. The summed E-state index contributed by atoms with van der Waals surface area (Å²) >= 11 is 2.04. The number of thioether (sulfide) groups is 1. The smallest absolute Gasteiger partial charge is 0.0613 e. The largest absolute Gasteiger partial charge is 0.383 e. The van der Waals surface area contributed by atoms with E-state index in [-0.39, 0.29) is 0 Å². The van der Waals surface area contributed by atoms with Gasteiger partial charge in [-0.25, -0.2) is 0 Å². The molecule has 84 valence electrons. The van der Waals surface area contributed by atoms with Crippen LogP contribution in [0.15, 0.2) is 0 Å². The van der Waals surface area contributed by atoms with Crippen molar-refractivity contribution in [3.63, 3.8) is 0 Å². The van der Waals surface area contributed by atoms with E-state index in [1.807, 2.05) is 11.8 Å². The van der Waals surface area contributed by atoms with Crippen molar-refractivity contribution >= 4 is 11.8 Å². The van der Waals surface area contributed by atoms with Gasteiger partial charge in [0.1, 0.15) is 0 Å². The molecule has 14 heavy (non-hydrogen) atoms. The second-order valence-electron chi connectivity index (χ2n) is 4.33. The molecule has 1 N–H and O–H groups in total. The van der Waals surface area contributed by atoms with Gasteiger partial charge in [0.2, 0.25) is 0 Å². The van der Waals surface area contributed by atoms with Crippen LogP contribution in [-0.2, 0) is 4.74 Å². The van der Waals surface area contributed by atoms with Crippen molar-refractivity contribution in [3.8, 4) is 0 Å². The van der Waals surface area contributed by atoms with Gasteiger partial charge in [-0.05, 0) is 26.0 Å². The third-order valence-corrected chi connectivity index (χ3v) is 4.56. The van der Waals surface area contributed by atoms with Gasteiger partial charge in [-0.15, -0.1) is 0 Å². The van der Waals surface area contributed by atoms with Crippen molar-refractivity contribution in [1.82, 2.24) is 5.32 Å². The summed E-state index contributed by atoms with van der Waals surface area (Å²) in [7, 11) is 1.76. The van der Waals surface area contributed by atoms with E-state index in [4.69, 9.17) is 4.74 Å². The first-order valence-corrected chi connectivity index (χ1v) is 6.72. The number of hydrogen-bond acceptors (Lipinski definition) is 3. The minimum atomic E-state index is 0.477. The highest BCUT2D eigenvalue weighted by Gasteiger charge is 2.32. The lowest BCUT2D eigenvalue weighted by atomic mass is 10.1. The monoisotopic (exact) mass is 217 g/mol. The van der Waals surface area contributed by atoms with E-state index < -0.39 is 0 Å². The van der Waals surface area contributed by atoms with Crippen molar-refractivity contribution in [2.45, 2.75) is 43.4 Å². The molecule has 1 unspecified atom stereocenters. The molecular formula is C11H23NOS. The lowest BCUT2D eigenvalue weighted by Crippen LogP contribution is -2.41. The maximum atomic E-state index is 5.12. The van der Waals surface area contributed by atoms with Crippen molar-refractivity contribution in [1.29, 1.82) is 0 Å². The molecule has 0 radical (unpaired) electrons. The Morgan fingerprint density at radius 2 is 2.07 bits per heavy atom. The van der Waals surface area contributed by atoms with Gasteiger partial charge in [0, 0.05) is 24.4 Å². The van der Waals surface area contributed by atoms with E-state index in [1.165, 1.54) is 25.7 Å². The molecule has 1 fully saturated rings. The quantitative estimate of drug-likeness (QED) is 0.737. The number of hydrogen-bond donors (Lipinski definition) is 1. The van der Waals surface area contributed by atoms with Crippen molar-refractivity contribution < 1.29 is 4.74 Å². The van der Waals surface area contributed by atoms with Crippen LogP contribution in [0.5, 0.6) is 0 Å². The van der Waals surface area contributed by atoms with Gasteiger partial charge in [-0.3, -0.25) is 0 Å². The van der Waals surface area contributed by atoms with Gasteiger partial charge in [-0.1, -0.05) is 12.8 Å². The molecule has 0 amide bonds. The molecule has 0 aliphatic heterocycles. The molecule has 0 aromatic rings. The Balaban J connectivity index is 2.27. The van der Waals surface area contributed by atoms with Crippen LogP contribution in [-0.4, -0.2) is 37.3 Å². The van der Waals surface area contributed by atoms with Crippen LogP contribution >= 0.6 is 11.8 Å². The molecule has 1 atom stereocenters. The minimum Gasteiger partial charge on any atom is -0.383 e. The first kappa shape index (κ1) is 12.3. The SMILES string of the molecule is COCC(C)NCC1(SC)CCCC1. The number of methoxy groups -OCH3 is 1. The van der Waals surface area contributed by atoms with E-state index in [0.717, 1.165) is 13.2 Å². The van der Waals surface area contributed by atoms with Gasteiger partial charge in [0.15, 0.2) is 0 Å². The van der Waals surface area contributed by atoms with Gasteiger partial charge in [-0.2, -0.15) is 11.8 Å². The van der Waals surface area contributed by atoms with Crippen LogP contribution in [0.1, 0.15) is 32.6 Å². The third-order valence-electron chi connectivity index (χ3n) is 3.14. The molecule has 0 saturated heterocycles. The molecule has 0 bridgehead atoms. The summed E-state index contributed by atoms with van der Waals surface area (Å²) in [6, 6.07) is 0.477. The van der Waals surface area contributed by atoms with E-state index in [2.05, 4.69) is 18.5 Å². The maximum absolute atomic E-state index is 5.12. The van der Waals surface area contributed by atoms with Crippen LogP contribution < -0.4 is 5.32 Å². The molecule has 3 heteroatoms. The van der Waals surface area contributed by atoms with Crippen molar-refractivity contribution in [3.05, 3.63) is 0 Å². The van der Waals surface area contributed by atoms with Gasteiger partial charge in [0.05, 0.1) is 6.61 Å². The summed E-state index contributed by atoms with van der Waals surface area (Å²) in [6.07, 6.45) is 7.80. The first-order chi connectivity index (χ1) is 6.72. The third kappa shape index (κ3) is 3.44. The minimum absolute atomic E-state index is 0.477. The van der Waals surface area contributed by atoms with Gasteiger partial charge >= 0.3 is 0 Å². The standard InChI is InChI=1S/C11H23NOS/c1-10(8-13-2)12-9-11(14-3)6-4-5-7-11/h10,12H,4-9H2,1-3H3. The topological polar surface area (TPSA) is 21.3 Å². The molecule has 1 rings (SSSR count). The maximum Gasteiger partial charge on any atom is 0.0613 e. The summed E-state index contributed by atoms with van der Waals surface area (Å²) in [5.41, 5.74) is 0. The first-order valence-electron chi connectivity index (χ1n) is 5.50. The summed E-state index contributed by atoms with van der Waals surface area (Å²) in [5.74, 6) is 0. The molecular weight excluding hydrogens is 194 g/mol. The molecule has 0 aromatic heterocycles. The fourth-order valence-electron chi connectivity index (χ4n) is 2.14. The van der Waals surface area contributed by atoms with Crippen molar-refractivity contribution in [2.75, 3.05) is 26.5 Å². The van der Waals surface area contributed by atoms with E-state index >= 15 is 0 Å². The molecule has 1 saturated carbocycles. The Labute approximate surface area is 92.2 Å². The highest BCUT2D eigenvalue weighted by atomic mass is 32.2. The van der Waals surface area contributed by atoms with Gasteiger partial charge < -0.3 is 10.1 Å². The Morgan fingerprint density at radius 1 is 1.43 bits per heavy atom. The summed E-state index contributed by atoms with van der Waals surface area (Å²) in [4.78, 5) is 0. The van der Waals surface area contributed by atoms with Crippen LogP contribution in [0.25, 0.3) is 0 Å². The lowest BCUT2D eigenvalue weighted by molar-refractivity contribution is 0.171. The van der Waals surface area contributed by atoms with Crippen molar-refractivity contribution in [2.24, 2.45) is 0 Å². The Morgan fingerprint density at radius 3 is 2.57 bits per heavy atom. The lowest BCUT2D eigenvalue weighted by Gasteiger charge is -2.28. The highest BCUT2D eigenvalue weighted by molar-refractivity contribution is 8.00. The van der Waals surface area contributed by atoms with E-state index in [0.29, 0.717) is 10.8 Å². The van der Waals surface area contributed by atoms with Crippen LogP contribution in [0.4, 0.5) is 0 Å². The predicted octanol–water partition coefficient (Wildman–Crippen LogP) is 2.29. The predicted molar refractivity (Wildman–Crippen MR) is 64.1 cm³/mol. The summed E-state index contributed by atoms with van der Waals surface area (Å²) in [5, 5.41) is 3.57. The molecule has 0 spiro atoms. The summed E-state index contributed by atoms with van der Waals surface area (Å²) < 4.78 is 5.63. The zero-order valence-electron chi connectivity index (χ0n) is 9.64. The fraction of sp³-hybridized carbons (Fsp3) is 1.00. The second-order valence-corrected chi connectivity index (χ2v) is 5.61. The second kappa shape index (κ2) is 5.99. The number of ether oxygens (including phenoxy) is 1. The zero-order chi connectivity index (χ0) is 10.4. The summed E-state index contributed by atoms with van der Waals surface area (Å²) in [6.45, 7) is 4.13. The van der Waals surface area contributed by atoms with Gasteiger partial charge in [0.25, 0.3) is 0 Å². The van der Waals surface area contributed by atoms with Crippen LogP contribution in [0.3, 0.4) is 0 Å². The average molecular weight is 217 g/mol. The molecule has 1 aliphatic rings. The van der Waals surface area contributed by atoms with E-state index in [9.17, 15) is 0 Å².